The molecule has 0 aromatic rings. The van der Waals surface area contributed by atoms with Crippen molar-refractivity contribution in [1.29, 1.82) is 0 Å². The van der Waals surface area contributed by atoms with Crippen molar-refractivity contribution in [3.05, 3.63) is 0 Å². The van der Waals surface area contributed by atoms with Gasteiger partial charge in [0.25, 0.3) is 0 Å². The number of alkyl halides is 3. The minimum Gasteiger partial charge on any atom is -0.325 e. The molecule has 2 rings (SSSR count). The molecule has 2 N–H and O–H groups in total. The molecule has 2 fully saturated rings. The number of hydrogen-bond acceptors (Lipinski definition) is 2. The predicted molar refractivity (Wildman–Crippen MR) is 51.3 cm³/mol. The number of halogens is 3. The van der Waals surface area contributed by atoms with Gasteiger partial charge in [-0.3, -0.25) is 4.90 Å². The quantitative estimate of drug-likeness (QED) is 0.732. The molecule has 2 unspecified atom stereocenters. The first-order valence-corrected chi connectivity index (χ1v) is 5.53. The summed E-state index contributed by atoms with van der Waals surface area (Å²) in [7, 11) is 0. The van der Waals surface area contributed by atoms with E-state index in [4.69, 9.17) is 5.73 Å². The average molecular weight is 222 g/mol. The minimum atomic E-state index is -4.01. The average Bonchev–Trinajstić information content (AvgIpc) is 2.12. The van der Waals surface area contributed by atoms with Crippen molar-refractivity contribution in [2.75, 3.05) is 13.1 Å². The van der Waals surface area contributed by atoms with Crippen LogP contribution >= 0.6 is 0 Å². The summed E-state index contributed by atoms with van der Waals surface area (Å²) in [6.07, 6.45) is -1.83. The van der Waals surface area contributed by atoms with Gasteiger partial charge in [0, 0.05) is 25.2 Å². The van der Waals surface area contributed by atoms with Crippen molar-refractivity contribution < 1.29 is 13.2 Å². The van der Waals surface area contributed by atoms with Crippen LogP contribution < -0.4 is 5.73 Å². The molecule has 1 aliphatic carbocycles. The third-order valence-electron chi connectivity index (χ3n) is 3.56. The van der Waals surface area contributed by atoms with E-state index in [1.807, 2.05) is 0 Å². The Bertz CT molecular complexity index is 223. The van der Waals surface area contributed by atoms with Crippen molar-refractivity contribution in [2.24, 2.45) is 11.7 Å². The van der Waals surface area contributed by atoms with Crippen molar-refractivity contribution in [3.63, 3.8) is 0 Å². The zero-order valence-corrected chi connectivity index (χ0v) is 8.63. The van der Waals surface area contributed by atoms with E-state index in [1.165, 1.54) is 0 Å². The summed E-state index contributed by atoms with van der Waals surface area (Å²) < 4.78 is 37.6. The second-order valence-electron chi connectivity index (χ2n) is 4.77. The van der Waals surface area contributed by atoms with Crippen LogP contribution in [0.25, 0.3) is 0 Å². The molecular formula is C10H17F3N2. The SMILES string of the molecule is NC1CN(C2CCCC(C(F)(F)F)C2)C1. The Hall–Kier alpha value is -0.290. The Morgan fingerprint density at radius 3 is 2.33 bits per heavy atom. The molecule has 2 atom stereocenters. The zero-order valence-electron chi connectivity index (χ0n) is 8.63. The van der Waals surface area contributed by atoms with Crippen LogP contribution in [0.1, 0.15) is 25.7 Å². The summed E-state index contributed by atoms with van der Waals surface area (Å²) in [5.74, 6) is -1.09. The molecule has 2 nitrogen and oxygen atoms in total. The van der Waals surface area contributed by atoms with Crippen LogP contribution in [0.5, 0.6) is 0 Å². The highest BCUT2D eigenvalue weighted by Gasteiger charge is 2.44. The van der Waals surface area contributed by atoms with E-state index >= 15 is 0 Å². The first kappa shape index (κ1) is 11.2. The molecule has 1 aliphatic heterocycles. The molecule has 1 saturated carbocycles. The molecule has 0 radical (unpaired) electrons. The molecule has 0 amide bonds. The van der Waals surface area contributed by atoms with Gasteiger partial charge in [-0.2, -0.15) is 13.2 Å². The fraction of sp³-hybridized carbons (Fsp3) is 1.00. The van der Waals surface area contributed by atoms with E-state index < -0.39 is 12.1 Å². The van der Waals surface area contributed by atoms with Crippen LogP contribution in [0.3, 0.4) is 0 Å². The molecule has 0 aromatic heterocycles. The van der Waals surface area contributed by atoms with Gasteiger partial charge in [-0.1, -0.05) is 6.42 Å². The first-order chi connectivity index (χ1) is 6.97. The molecule has 5 heteroatoms. The van der Waals surface area contributed by atoms with Gasteiger partial charge in [0.2, 0.25) is 0 Å². The lowest BCUT2D eigenvalue weighted by Gasteiger charge is -2.45. The van der Waals surface area contributed by atoms with Gasteiger partial charge in [-0.05, 0) is 19.3 Å². The van der Waals surface area contributed by atoms with Gasteiger partial charge in [0.1, 0.15) is 0 Å². The van der Waals surface area contributed by atoms with E-state index in [-0.39, 0.29) is 18.5 Å². The van der Waals surface area contributed by atoms with Gasteiger partial charge in [0.15, 0.2) is 0 Å². The number of rotatable bonds is 1. The Kier molecular flexibility index (Phi) is 2.94. The number of nitrogens with zero attached hydrogens (tertiary/aromatic N) is 1. The summed E-state index contributed by atoms with van der Waals surface area (Å²) >= 11 is 0. The van der Waals surface area contributed by atoms with Gasteiger partial charge < -0.3 is 5.73 Å². The fourth-order valence-corrected chi connectivity index (χ4v) is 2.64. The lowest BCUT2D eigenvalue weighted by Crippen LogP contribution is -2.60. The summed E-state index contributed by atoms with van der Waals surface area (Å²) in [5, 5.41) is 0. The maximum Gasteiger partial charge on any atom is 0.391 e. The smallest absolute Gasteiger partial charge is 0.325 e. The van der Waals surface area contributed by atoms with Gasteiger partial charge in [0.05, 0.1) is 5.92 Å². The molecule has 0 bridgehead atoms. The number of likely N-dealkylation sites (tertiary alicyclic amines) is 1. The lowest BCUT2D eigenvalue weighted by atomic mass is 9.83. The van der Waals surface area contributed by atoms with Crippen LogP contribution in [0.4, 0.5) is 13.2 Å². The Morgan fingerprint density at radius 1 is 1.13 bits per heavy atom. The van der Waals surface area contributed by atoms with E-state index in [1.54, 1.807) is 0 Å². The van der Waals surface area contributed by atoms with Crippen LogP contribution in [0.2, 0.25) is 0 Å². The minimum absolute atomic E-state index is 0.116. The highest BCUT2D eigenvalue weighted by atomic mass is 19.4. The molecule has 0 aromatic carbocycles. The fourth-order valence-electron chi connectivity index (χ4n) is 2.64. The second kappa shape index (κ2) is 3.94. The van der Waals surface area contributed by atoms with Crippen LogP contribution in [0, 0.1) is 5.92 Å². The molecule has 15 heavy (non-hydrogen) atoms. The van der Waals surface area contributed by atoms with E-state index in [2.05, 4.69) is 4.90 Å². The molecule has 1 heterocycles. The summed E-state index contributed by atoms with van der Waals surface area (Å²) in [4.78, 5) is 2.10. The maximum atomic E-state index is 12.5. The van der Waals surface area contributed by atoms with Crippen LogP contribution in [0.15, 0.2) is 0 Å². The Labute approximate surface area is 87.6 Å². The van der Waals surface area contributed by atoms with Crippen LogP contribution in [-0.4, -0.2) is 36.2 Å². The first-order valence-electron chi connectivity index (χ1n) is 5.53. The van der Waals surface area contributed by atoms with Crippen molar-refractivity contribution in [2.45, 2.75) is 43.9 Å². The van der Waals surface area contributed by atoms with Crippen molar-refractivity contribution in [1.82, 2.24) is 4.90 Å². The second-order valence-corrected chi connectivity index (χ2v) is 4.77. The zero-order chi connectivity index (χ0) is 11.1. The van der Waals surface area contributed by atoms with Gasteiger partial charge in [-0.25, -0.2) is 0 Å². The molecule has 1 saturated heterocycles. The molecule has 88 valence electrons. The normalized spacial score (nSPS) is 35.2. The van der Waals surface area contributed by atoms with Crippen molar-refractivity contribution >= 4 is 0 Å². The van der Waals surface area contributed by atoms with Crippen LogP contribution in [-0.2, 0) is 0 Å². The molecule has 0 spiro atoms. The summed E-state index contributed by atoms with van der Waals surface area (Å²) in [6, 6.07) is 0.293. The van der Waals surface area contributed by atoms with Gasteiger partial charge >= 0.3 is 6.18 Å². The highest BCUT2D eigenvalue weighted by molar-refractivity contribution is 4.91. The van der Waals surface area contributed by atoms with Gasteiger partial charge in [-0.15, -0.1) is 0 Å². The standard InChI is InChI=1S/C10H17F3N2/c11-10(12,13)7-2-1-3-9(4-7)15-5-8(14)6-15/h7-9H,1-6,14H2. The lowest BCUT2D eigenvalue weighted by molar-refractivity contribution is -0.188. The topological polar surface area (TPSA) is 29.3 Å². The largest absolute Gasteiger partial charge is 0.391 e. The van der Waals surface area contributed by atoms with E-state index in [0.717, 1.165) is 19.5 Å². The maximum absolute atomic E-state index is 12.5. The van der Waals surface area contributed by atoms with E-state index in [0.29, 0.717) is 12.8 Å². The summed E-state index contributed by atoms with van der Waals surface area (Å²) in [6.45, 7) is 1.55. The summed E-state index contributed by atoms with van der Waals surface area (Å²) in [5.41, 5.74) is 5.63. The Balaban J connectivity index is 1.87. The monoisotopic (exact) mass is 222 g/mol. The molecule has 2 aliphatic rings. The molecular weight excluding hydrogens is 205 g/mol. The predicted octanol–water partition coefficient (Wildman–Crippen LogP) is 1.75. The van der Waals surface area contributed by atoms with Crippen molar-refractivity contribution in [3.8, 4) is 0 Å². The number of nitrogens with two attached hydrogens (primary N) is 1. The Morgan fingerprint density at radius 2 is 1.80 bits per heavy atom. The third-order valence-corrected chi connectivity index (χ3v) is 3.56. The van der Waals surface area contributed by atoms with E-state index in [9.17, 15) is 13.2 Å². The third kappa shape index (κ3) is 2.45. The highest BCUT2D eigenvalue weighted by Crippen LogP contribution is 2.39. The number of hydrogen-bond donors (Lipinski definition) is 1.